The minimum absolute atomic E-state index is 0.489. The molecule has 0 fully saturated rings. The number of nitrogens with zero attached hydrogens (tertiary/aromatic N) is 1. The average Bonchev–Trinajstić information content (AvgIpc) is 2.33. The van der Waals surface area contributed by atoms with E-state index in [1.54, 1.807) is 14.2 Å². The summed E-state index contributed by atoms with van der Waals surface area (Å²) < 4.78 is 32.5. The standard InChI is InChI=1S/C11H27N3O3S/c1-12-8-7-10-14(2)18(15,16)13-9-5-4-6-11-17-3/h12-13H,4-11H2,1-3H3. The Kier molecular flexibility index (Phi) is 10.6. The van der Waals surface area contributed by atoms with Crippen molar-refractivity contribution in [2.45, 2.75) is 25.7 Å². The van der Waals surface area contributed by atoms with Crippen molar-refractivity contribution in [3.63, 3.8) is 0 Å². The molecule has 6 nitrogen and oxygen atoms in total. The zero-order valence-corrected chi connectivity index (χ0v) is 12.6. The molecule has 0 bridgehead atoms. The molecule has 0 aromatic rings. The van der Waals surface area contributed by atoms with E-state index in [4.69, 9.17) is 4.74 Å². The van der Waals surface area contributed by atoms with Gasteiger partial charge in [0, 0.05) is 33.9 Å². The van der Waals surface area contributed by atoms with E-state index in [0.717, 1.165) is 38.8 Å². The van der Waals surface area contributed by atoms with Crippen LogP contribution in [0, 0.1) is 0 Å². The number of nitrogens with one attached hydrogen (secondary N) is 2. The molecule has 7 heteroatoms. The summed E-state index contributed by atoms with van der Waals surface area (Å²) in [5.74, 6) is 0. The first kappa shape index (κ1) is 17.8. The van der Waals surface area contributed by atoms with Crippen LogP contribution in [0.4, 0.5) is 0 Å². The fraction of sp³-hybridized carbons (Fsp3) is 1.00. The van der Waals surface area contributed by atoms with Crippen molar-refractivity contribution in [3.8, 4) is 0 Å². The molecule has 0 spiro atoms. The highest BCUT2D eigenvalue weighted by atomic mass is 32.2. The van der Waals surface area contributed by atoms with Gasteiger partial charge < -0.3 is 10.1 Å². The molecule has 0 atom stereocenters. The first-order chi connectivity index (χ1) is 8.54. The Balaban J connectivity index is 3.71. The van der Waals surface area contributed by atoms with Gasteiger partial charge in [0.2, 0.25) is 0 Å². The summed E-state index contributed by atoms with van der Waals surface area (Å²) in [6.45, 7) is 2.57. The predicted molar refractivity (Wildman–Crippen MR) is 73.8 cm³/mol. The van der Waals surface area contributed by atoms with Gasteiger partial charge in [-0.1, -0.05) is 0 Å². The third-order valence-electron chi connectivity index (χ3n) is 2.62. The Bertz CT molecular complexity index is 283. The maximum absolute atomic E-state index is 11.8. The van der Waals surface area contributed by atoms with Gasteiger partial charge >= 0.3 is 0 Å². The second-order valence-corrected chi connectivity index (χ2v) is 6.09. The smallest absolute Gasteiger partial charge is 0.279 e. The topological polar surface area (TPSA) is 70.7 Å². The number of rotatable bonds is 12. The summed E-state index contributed by atoms with van der Waals surface area (Å²) in [5, 5.41) is 2.99. The minimum Gasteiger partial charge on any atom is -0.385 e. The Labute approximate surface area is 111 Å². The van der Waals surface area contributed by atoms with E-state index in [1.165, 1.54) is 4.31 Å². The van der Waals surface area contributed by atoms with E-state index in [9.17, 15) is 8.42 Å². The molecule has 0 saturated heterocycles. The van der Waals surface area contributed by atoms with E-state index in [-0.39, 0.29) is 0 Å². The molecule has 0 saturated carbocycles. The van der Waals surface area contributed by atoms with Crippen LogP contribution in [-0.2, 0) is 14.9 Å². The molecule has 0 aromatic carbocycles. The SMILES string of the molecule is CNCCCN(C)S(=O)(=O)NCCCCCOC. The van der Waals surface area contributed by atoms with E-state index >= 15 is 0 Å². The monoisotopic (exact) mass is 281 g/mol. The van der Waals surface area contributed by atoms with Crippen LogP contribution in [0.25, 0.3) is 0 Å². The normalized spacial score (nSPS) is 12.2. The van der Waals surface area contributed by atoms with Gasteiger partial charge in [-0.2, -0.15) is 12.7 Å². The highest BCUT2D eigenvalue weighted by Crippen LogP contribution is 1.98. The summed E-state index contributed by atoms with van der Waals surface area (Å²) in [4.78, 5) is 0. The fourth-order valence-corrected chi connectivity index (χ4v) is 2.45. The van der Waals surface area contributed by atoms with Gasteiger partial charge in [0.25, 0.3) is 10.2 Å². The average molecular weight is 281 g/mol. The van der Waals surface area contributed by atoms with Crippen molar-refractivity contribution < 1.29 is 13.2 Å². The lowest BCUT2D eigenvalue weighted by molar-refractivity contribution is 0.192. The van der Waals surface area contributed by atoms with Crippen molar-refractivity contribution in [2.75, 3.05) is 47.4 Å². The molecular weight excluding hydrogens is 254 g/mol. The number of hydrogen-bond acceptors (Lipinski definition) is 4. The van der Waals surface area contributed by atoms with Crippen LogP contribution in [-0.4, -0.2) is 60.2 Å². The maximum atomic E-state index is 11.8. The van der Waals surface area contributed by atoms with Crippen molar-refractivity contribution >= 4 is 10.2 Å². The lowest BCUT2D eigenvalue weighted by atomic mass is 10.2. The van der Waals surface area contributed by atoms with E-state index in [1.807, 2.05) is 7.05 Å². The molecule has 0 radical (unpaired) electrons. The van der Waals surface area contributed by atoms with Gasteiger partial charge in [0.1, 0.15) is 0 Å². The molecule has 0 rings (SSSR count). The summed E-state index contributed by atoms with van der Waals surface area (Å²) in [6, 6.07) is 0. The molecule has 0 aromatic heterocycles. The molecule has 0 amide bonds. The molecule has 0 unspecified atom stereocenters. The third kappa shape index (κ3) is 8.82. The van der Waals surface area contributed by atoms with Crippen LogP contribution < -0.4 is 10.0 Å². The summed E-state index contributed by atoms with van der Waals surface area (Å²) in [6.07, 6.45) is 3.59. The van der Waals surface area contributed by atoms with Crippen LogP contribution in [0.5, 0.6) is 0 Å². The minimum atomic E-state index is -3.31. The van der Waals surface area contributed by atoms with Crippen LogP contribution >= 0.6 is 0 Å². The predicted octanol–water partition coefficient (Wildman–Crippen LogP) is 0.179. The first-order valence-electron chi connectivity index (χ1n) is 6.39. The number of unbranched alkanes of at least 4 members (excludes halogenated alkanes) is 2. The second kappa shape index (κ2) is 10.7. The van der Waals surface area contributed by atoms with Gasteiger partial charge in [-0.15, -0.1) is 0 Å². The molecule has 0 heterocycles. The Hall–Kier alpha value is -0.210. The van der Waals surface area contributed by atoms with Crippen LogP contribution in [0.3, 0.4) is 0 Å². The molecular formula is C11H27N3O3S. The Morgan fingerprint density at radius 3 is 2.44 bits per heavy atom. The van der Waals surface area contributed by atoms with Gasteiger partial charge in [-0.05, 0) is 39.3 Å². The number of methoxy groups -OCH3 is 1. The zero-order chi connectivity index (χ0) is 13.9. The number of ether oxygens (including phenoxy) is 1. The van der Waals surface area contributed by atoms with E-state index in [0.29, 0.717) is 13.1 Å². The quantitative estimate of drug-likeness (QED) is 0.501. The highest BCUT2D eigenvalue weighted by Gasteiger charge is 2.15. The van der Waals surface area contributed by atoms with Crippen LogP contribution in [0.15, 0.2) is 0 Å². The summed E-state index contributed by atoms with van der Waals surface area (Å²) in [7, 11) is 1.81. The third-order valence-corrected chi connectivity index (χ3v) is 4.19. The van der Waals surface area contributed by atoms with Crippen molar-refractivity contribution in [1.29, 1.82) is 0 Å². The fourth-order valence-electron chi connectivity index (χ4n) is 1.46. The Morgan fingerprint density at radius 2 is 1.83 bits per heavy atom. The highest BCUT2D eigenvalue weighted by molar-refractivity contribution is 7.87. The molecule has 110 valence electrons. The van der Waals surface area contributed by atoms with Crippen molar-refractivity contribution in [1.82, 2.24) is 14.3 Å². The maximum Gasteiger partial charge on any atom is 0.279 e. The second-order valence-electron chi connectivity index (χ2n) is 4.23. The van der Waals surface area contributed by atoms with Crippen molar-refractivity contribution in [2.24, 2.45) is 0 Å². The summed E-state index contributed by atoms with van der Waals surface area (Å²) in [5.41, 5.74) is 0. The van der Waals surface area contributed by atoms with Crippen LogP contribution in [0.1, 0.15) is 25.7 Å². The van der Waals surface area contributed by atoms with Crippen LogP contribution in [0.2, 0.25) is 0 Å². The molecule has 18 heavy (non-hydrogen) atoms. The van der Waals surface area contributed by atoms with E-state index < -0.39 is 10.2 Å². The van der Waals surface area contributed by atoms with Gasteiger partial charge in [-0.3, -0.25) is 0 Å². The lowest BCUT2D eigenvalue weighted by Gasteiger charge is -2.17. The Morgan fingerprint density at radius 1 is 1.11 bits per heavy atom. The van der Waals surface area contributed by atoms with Gasteiger partial charge in [0.05, 0.1) is 0 Å². The van der Waals surface area contributed by atoms with Gasteiger partial charge in [-0.25, -0.2) is 4.72 Å². The summed E-state index contributed by atoms with van der Waals surface area (Å²) >= 11 is 0. The van der Waals surface area contributed by atoms with Crippen molar-refractivity contribution in [3.05, 3.63) is 0 Å². The molecule has 2 N–H and O–H groups in total. The van der Waals surface area contributed by atoms with E-state index in [2.05, 4.69) is 10.0 Å². The number of hydrogen-bond donors (Lipinski definition) is 2. The molecule has 0 aliphatic heterocycles. The zero-order valence-electron chi connectivity index (χ0n) is 11.7. The van der Waals surface area contributed by atoms with Gasteiger partial charge in [0.15, 0.2) is 0 Å². The lowest BCUT2D eigenvalue weighted by Crippen LogP contribution is -2.39. The molecule has 0 aliphatic rings. The largest absolute Gasteiger partial charge is 0.385 e. The molecule has 0 aliphatic carbocycles. The first-order valence-corrected chi connectivity index (χ1v) is 7.83.